The van der Waals surface area contributed by atoms with Crippen LogP contribution in [0.5, 0.6) is 0 Å². The third-order valence-electron chi connectivity index (χ3n) is 6.01. The zero-order chi connectivity index (χ0) is 21.3. The molecule has 0 saturated carbocycles. The number of halogens is 1. The fraction of sp³-hybridized carbons (Fsp3) is 0.409. The van der Waals surface area contributed by atoms with E-state index < -0.39 is 16.0 Å². The van der Waals surface area contributed by atoms with Crippen LogP contribution >= 0.6 is 22.6 Å². The fourth-order valence-electron chi connectivity index (χ4n) is 4.45. The van der Waals surface area contributed by atoms with Crippen molar-refractivity contribution in [3.8, 4) is 0 Å². The van der Waals surface area contributed by atoms with Gasteiger partial charge in [-0.05, 0) is 77.1 Å². The van der Waals surface area contributed by atoms with E-state index in [0.717, 1.165) is 38.9 Å². The van der Waals surface area contributed by atoms with E-state index in [1.165, 1.54) is 27.6 Å². The first-order valence-corrected chi connectivity index (χ1v) is 12.7. The zero-order valence-electron chi connectivity index (χ0n) is 16.6. The van der Waals surface area contributed by atoms with Gasteiger partial charge in [-0.3, -0.25) is 4.90 Å². The van der Waals surface area contributed by atoms with Crippen LogP contribution in [0, 0.1) is 9.49 Å². The molecular formula is C22H25IN2O4S. The highest BCUT2D eigenvalue weighted by Crippen LogP contribution is 2.27. The van der Waals surface area contributed by atoms with Crippen LogP contribution in [0.1, 0.15) is 34.3 Å². The van der Waals surface area contributed by atoms with Crippen LogP contribution in [0.4, 0.5) is 0 Å². The van der Waals surface area contributed by atoms with Crippen molar-refractivity contribution >= 4 is 38.6 Å². The first kappa shape index (κ1) is 21.7. The van der Waals surface area contributed by atoms with Crippen molar-refractivity contribution in [2.24, 2.45) is 5.92 Å². The minimum Gasteiger partial charge on any atom is -0.478 e. The predicted molar refractivity (Wildman–Crippen MR) is 123 cm³/mol. The number of hydrogen-bond acceptors (Lipinski definition) is 4. The van der Waals surface area contributed by atoms with Crippen molar-refractivity contribution in [2.75, 3.05) is 26.2 Å². The second-order valence-electron chi connectivity index (χ2n) is 8.07. The molecule has 2 aliphatic heterocycles. The molecule has 1 N–H and O–H groups in total. The molecule has 0 radical (unpaired) electrons. The van der Waals surface area contributed by atoms with Crippen LogP contribution in [0.25, 0.3) is 0 Å². The summed E-state index contributed by atoms with van der Waals surface area (Å²) >= 11 is 1.91. The number of carboxylic acid groups (broad SMARTS) is 1. The monoisotopic (exact) mass is 540 g/mol. The Labute approximate surface area is 191 Å². The Bertz CT molecular complexity index is 1060. The van der Waals surface area contributed by atoms with Gasteiger partial charge in [-0.1, -0.05) is 24.3 Å². The van der Waals surface area contributed by atoms with Gasteiger partial charge >= 0.3 is 5.97 Å². The van der Waals surface area contributed by atoms with Crippen molar-refractivity contribution in [1.82, 2.24) is 9.21 Å². The summed E-state index contributed by atoms with van der Waals surface area (Å²) in [6, 6.07) is 12.9. The van der Waals surface area contributed by atoms with E-state index in [0.29, 0.717) is 16.7 Å². The third-order valence-corrected chi connectivity index (χ3v) is 8.82. The summed E-state index contributed by atoms with van der Waals surface area (Å²) in [5.41, 5.74) is 2.80. The topological polar surface area (TPSA) is 77.9 Å². The van der Waals surface area contributed by atoms with Crippen molar-refractivity contribution < 1.29 is 18.3 Å². The number of carboxylic acids is 1. The van der Waals surface area contributed by atoms with Crippen LogP contribution in [-0.4, -0.2) is 54.9 Å². The average Bonchev–Trinajstić information content (AvgIpc) is 2.74. The van der Waals surface area contributed by atoms with Crippen LogP contribution in [0.15, 0.2) is 47.4 Å². The van der Waals surface area contributed by atoms with Crippen molar-refractivity contribution in [3.63, 3.8) is 0 Å². The summed E-state index contributed by atoms with van der Waals surface area (Å²) < 4.78 is 28.4. The lowest BCUT2D eigenvalue weighted by Gasteiger charge is -2.36. The van der Waals surface area contributed by atoms with E-state index in [9.17, 15) is 18.3 Å². The van der Waals surface area contributed by atoms with Gasteiger partial charge in [-0.25, -0.2) is 13.2 Å². The minimum absolute atomic E-state index is 0.0252. The number of piperidine rings is 1. The quantitative estimate of drug-likeness (QED) is 0.589. The van der Waals surface area contributed by atoms with E-state index in [2.05, 4.69) is 29.2 Å². The molecule has 0 bridgehead atoms. The summed E-state index contributed by atoms with van der Waals surface area (Å²) in [6.45, 7) is 3.76. The number of benzene rings is 2. The Kier molecular flexibility index (Phi) is 6.47. The Morgan fingerprint density at radius 1 is 1.13 bits per heavy atom. The van der Waals surface area contributed by atoms with Crippen LogP contribution in [0.3, 0.4) is 0 Å². The molecule has 1 saturated heterocycles. The first-order chi connectivity index (χ1) is 14.3. The van der Waals surface area contributed by atoms with Gasteiger partial charge < -0.3 is 5.11 Å². The number of rotatable bonds is 5. The van der Waals surface area contributed by atoms with Gasteiger partial charge in [0.05, 0.1) is 10.5 Å². The number of sulfonamides is 1. The summed E-state index contributed by atoms with van der Waals surface area (Å²) in [4.78, 5) is 13.9. The van der Waals surface area contributed by atoms with Gasteiger partial charge in [-0.2, -0.15) is 4.31 Å². The van der Waals surface area contributed by atoms with Crippen LogP contribution in [0.2, 0.25) is 0 Å². The molecule has 0 amide bonds. The number of nitrogens with zero attached hydrogens (tertiary/aromatic N) is 2. The van der Waals surface area contributed by atoms with E-state index in [1.54, 1.807) is 6.07 Å². The maximum atomic E-state index is 13.2. The predicted octanol–water partition coefficient (Wildman–Crippen LogP) is 3.45. The lowest BCUT2D eigenvalue weighted by Crippen LogP contribution is -2.44. The molecule has 2 heterocycles. The van der Waals surface area contributed by atoms with Gasteiger partial charge in [0, 0.05) is 36.3 Å². The molecular weight excluding hydrogens is 515 g/mol. The Balaban J connectivity index is 1.46. The number of carbonyl (C=O) groups is 1. The largest absolute Gasteiger partial charge is 0.478 e. The maximum Gasteiger partial charge on any atom is 0.336 e. The highest BCUT2D eigenvalue weighted by molar-refractivity contribution is 14.1. The van der Waals surface area contributed by atoms with Crippen molar-refractivity contribution in [3.05, 3.63) is 62.7 Å². The zero-order valence-corrected chi connectivity index (χ0v) is 19.6. The molecule has 2 aromatic rings. The number of fused-ring (bicyclic) bond motifs is 1. The normalized spacial score (nSPS) is 20.6. The molecule has 0 aliphatic carbocycles. The highest BCUT2D eigenvalue weighted by Gasteiger charge is 2.32. The van der Waals surface area contributed by atoms with Crippen molar-refractivity contribution in [2.45, 2.75) is 30.7 Å². The lowest BCUT2D eigenvalue weighted by atomic mass is 9.95. The smallest absolute Gasteiger partial charge is 0.336 e. The van der Waals surface area contributed by atoms with Crippen LogP contribution in [-0.2, 0) is 23.0 Å². The molecule has 8 heteroatoms. The number of aromatic carboxylic acids is 1. The molecule has 0 aromatic heterocycles. The highest BCUT2D eigenvalue weighted by atomic mass is 127. The Morgan fingerprint density at radius 2 is 1.90 bits per heavy atom. The molecule has 1 unspecified atom stereocenters. The summed E-state index contributed by atoms with van der Waals surface area (Å²) in [5, 5.41) is 9.34. The first-order valence-electron chi connectivity index (χ1n) is 10.2. The second-order valence-corrected chi connectivity index (χ2v) is 11.2. The molecule has 2 aliphatic rings. The average molecular weight is 540 g/mol. The minimum atomic E-state index is -3.71. The third kappa shape index (κ3) is 4.56. The summed E-state index contributed by atoms with van der Waals surface area (Å²) in [7, 11) is -3.71. The van der Waals surface area contributed by atoms with Gasteiger partial charge in [0.25, 0.3) is 0 Å². The molecule has 4 rings (SSSR count). The summed E-state index contributed by atoms with van der Waals surface area (Å²) in [6.07, 6.45) is 2.87. The van der Waals surface area contributed by atoms with E-state index in [4.69, 9.17) is 0 Å². The SMILES string of the molecule is O=C(O)c1cc(S(=O)(=O)N2CCCC(CN3CCc4ccccc4C3)C2)ccc1I. The fourth-order valence-corrected chi connectivity index (χ4v) is 6.59. The van der Waals surface area contributed by atoms with Gasteiger partial charge in [0.1, 0.15) is 0 Å². The van der Waals surface area contributed by atoms with Crippen molar-refractivity contribution in [1.29, 1.82) is 0 Å². The molecule has 6 nitrogen and oxygen atoms in total. The Hall–Kier alpha value is -1.49. The second kappa shape index (κ2) is 8.94. The van der Waals surface area contributed by atoms with Gasteiger partial charge in [-0.15, -0.1) is 0 Å². The lowest BCUT2D eigenvalue weighted by molar-refractivity contribution is 0.0695. The molecule has 2 aromatic carbocycles. The molecule has 0 spiro atoms. The van der Waals surface area contributed by atoms with Gasteiger partial charge in [0.15, 0.2) is 0 Å². The molecule has 160 valence electrons. The Morgan fingerprint density at radius 3 is 2.67 bits per heavy atom. The van der Waals surface area contributed by atoms with Gasteiger partial charge in [0.2, 0.25) is 10.0 Å². The molecule has 30 heavy (non-hydrogen) atoms. The molecule has 1 atom stereocenters. The van der Waals surface area contributed by atoms with E-state index >= 15 is 0 Å². The summed E-state index contributed by atoms with van der Waals surface area (Å²) in [5.74, 6) is -0.833. The van der Waals surface area contributed by atoms with Crippen LogP contribution < -0.4 is 0 Å². The van der Waals surface area contributed by atoms with E-state index in [1.807, 2.05) is 22.6 Å². The molecule has 1 fully saturated rings. The number of hydrogen-bond donors (Lipinski definition) is 1. The maximum absolute atomic E-state index is 13.2. The van der Waals surface area contributed by atoms with E-state index in [-0.39, 0.29) is 16.4 Å². The standard InChI is InChI=1S/C22H25IN2O4S/c23-21-8-7-19(12-20(21)22(26)27)30(28,29)25-10-3-4-16(14-25)13-24-11-9-17-5-1-2-6-18(17)15-24/h1-2,5-8,12,16H,3-4,9-11,13-15H2,(H,26,27).